The molecule has 1 aliphatic rings. The maximum Gasteiger partial charge on any atom is 0.139 e. The van der Waals surface area contributed by atoms with Crippen LogP contribution in [0, 0.1) is 0 Å². The minimum atomic E-state index is 0.712. The highest BCUT2D eigenvalue weighted by Gasteiger charge is 2.28. The van der Waals surface area contributed by atoms with Gasteiger partial charge in [-0.05, 0) is 77.5 Å². The Morgan fingerprint density at radius 1 is 0.472 bits per heavy atom. The van der Waals surface area contributed by atoms with Gasteiger partial charge in [0.15, 0.2) is 0 Å². The maximum absolute atomic E-state index is 6.66. The van der Waals surface area contributed by atoms with Crippen molar-refractivity contribution in [3.05, 3.63) is 170 Å². The van der Waals surface area contributed by atoms with Crippen molar-refractivity contribution in [2.45, 2.75) is 0 Å². The average Bonchev–Trinajstić information content (AvgIpc) is 3.85. The Bertz CT molecular complexity index is 3050. The molecule has 6 heteroatoms. The highest BCUT2D eigenvalue weighted by atomic mass is 16.5. The Balaban J connectivity index is 0.990. The summed E-state index contributed by atoms with van der Waals surface area (Å²) in [4.78, 5) is 9.80. The molecule has 0 atom stereocenters. The largest absolute Gasteiger partial charge is 0.457 e. The molecule has 0 saturated carbocycles. The van der Waals surface area contributed by atoms with Gasteiger partial charge in [0, 0.05) is 69.9 Å². The molecule has 0 radical (unpaired) electrons. The van der Waals surface area contributed by atoms with Crippen molar-refractivity contribution >= 4 is 77.1 Å². The molecule has 0 spiro atoms. The number of aromatic nitrogens is 3. The lowest BCUT2D eigenvalue weighted by Gasteiger charge is -2.22. The number of nitrogens with zero attached hydrogens (tertiary/aromatic N) is 5. The van der Waals surface area contributed by atoms with Crippen LogP contribution in [0.1, 0.15) is 0 Å². The minimum Gasteiger partial charge on any atom is -0.457 e. The van der Waals surface area contributed by atoms with Gasteiger partial charge in [0.2, 0.25) is 0 Å². The molecule has 6 nitrogen and oxygen atoms in total. The average molecular weight is 684 g/mol. The summed E-state index contributed by atoms with van der Waals surface area (Å²) in [5, 5.41) is 7.16. The van der Waals surface area contributed by atoms with Crippen molar-refractivity contribution < 1.29 is 4.74 Å². The van der Waals surface area contributed by atoms with Gasteiger partial charge in [-0.2, -0.15) is 0 Å². The lowest BCUT2D eigenvalue weighted by atomic mass is 10.1. The van der Waals surface area contributed by atoms with Crippen molar-refractivity contribution in [3.63, 3.8) is 0 Å². The molecule has 252 valence electrons. The minimum absolute atomic E-state index is 0.712. The van der Waals surface area contributed by atoms with Gasteiger partial charge in [-0.25, -0.2) is 4.98 Å². The first-order valence-corrected chi connectivity index (χ1v) is 18.0. The molecule has 0 bridgehead atoms. The summed E-state index contributed by atoms with van der Waals surface area (Å²) in [6.07, 6.45) is 2.03. The van der Waals surface area contributed by atoms with E-state index in [-0.39, 0.29) is 0 Å². The number of fused-ring (bicyclic) bond motifs is 8. The zero-order valence-electron chi connectivity index (χ0n) is 29.0. The SMILES string of the molecule is Cn1c2cc(-n3c4ccccc4c4ccc(Oc5cccc(N6CN(c7ccccc7)c7ccccc76)c5)cc43)ncc2c2cc3ccccc3cc21. The van der Waals surface area contributed by atoms with E-state index in [1.54, 1.807) is 0 Å². The number of ether oxygens (including phenoxy) is 1. The summed E-state index contributed by atoms with van der Waals surface area (Å²) in [7, 11) is 2.15. The van der Waals surface area contributed by atoms with Crippen LogP contribution >= 0.6 is 0 Å². The van der Waals surface area contributed by atoms with Crippen LogP contribution in [0.3, 0.4) is 0 Å². The summed E-state index contributed by atoms with van der Waals surface area (Å²) in [6.45, 7) is 0.712. The summed E-state index contributed by atoms with van der Waals surface area (Å²) >= 11 is 0. The zero-order chi connectivity index (χ0) is 35.0. The maximum atomic E-state index is 6.66. The van der Waals surface area contributed by atoms with E-state index in [9.17, 15) is 0 Å². The number of para-hydroxylation sites is 4. The summed E-state index contributed by atoms with van der Waals surface area (Å²) in [5.41, 5.74) is 9.09. The van der Waals surface area contributed by atoms with E-state index in [0.29, 0.717) is 6.67 Å². The molecule has 0 fully saturated rings. The van der Waals surface area contributed by atoms with Gasteiger partial charge >= 0.3 is 0 Å². The van der Waals surface area contributed by atoms with Crippen LogP contribution in [0.5, 0.6) is 11.5 Å². The standard InChI is InChI=1S/C47H33N5O/c1-49-44-25-32-13-6-5-12-31(32)24-39(44)40-29-48-47(28-45(40)49)52-41-19-8-7-18-37(41)38-23-22-36(27-46(38)52)53-35-17-11-16-34(26-35)51-30-50(33-14-3-2-4-15-33)42-20-9-10-21-43(42)51/h2-29H,30H2,1H3. The smallest absolute Gasteiger partial charge is 0.139 e. The topological polar surface area (TPSA) is 38.5 Å². The van der Waals surface area contributed by atoms with Crippen LogP contribution in [0.4, 0.5) is 22.7 Å². The van der Waals surface area contributed by atoms with Gasteiger partial charge in [-0.3, -0.25) is 4.57 Å². The third kappa shape index (κ3) is 4.62. The molecule has 0 aliphatic carbocycles. The van der Waals surface area contributed by atoms with Crippen LogP contribution in [-0.2, 0) is 7.05 Å². The number of pyridine rings is 1. The van der Waals surface area contributed by atoms with Crippen LogP contribution < -0.4 is 14.5 Å². The van der Waals surface area contributed by atoms with E-state index < -0.39 is 0 Å². The Morgan fingerprint density at radius 2 is 1.13 bits per heavy atom. The fraction of sp³-hybridized carbons (Fsp3) is 0.0426. The second-order valence-corrected chi connectivity index (χ2v) is 13.8. The van der Waals surface area contributed by atoms with Crippen molar-refractivity contribution in [1.29, 1.82) is 0 Å². The normalized spacial score (nSPS) is 12.8. The number of anilines is 4. The van der Waals surface area contributed by atoms with Gasteiger partial charge in [0.05, 0.1) is 27.9 Å². The van der Waals surface area contributed by atoms with E-state index in [1.807, 2.05) is 12.3 Å². The molecule has 0 amide bonds. The van der Waals surface area contributed by atoms with Crippen LogP contribution in [0.25, 0.3) is 60.2 Å². The van der Waals surface area contributed by atoms with Gasteiger partial charge in [0.1, 0.15) is 24.0 Å². The van der Waals surface area contributed by atoms with E-state index in [2.05, 4.69) is 184 Å². The van der Waals surface area contributed by atoms with Crippen molar-refractivity contribution in [3.8, 4) is 17.3 Å². The van der Waals surface area contributed by atoms with E-state index in [4.69, 9.17) is 9.72 Å². The van der Waals surface area contributed by atoms with Crippen molar-refractivity contribution in [2.24, 2.45) is 7.05 Å². The molecule has 1 aliphatic heterocycles. The molecule has 0 unspecified atom stereocenters. The molecule has 11 rings (SSSR count). The first-order chi connectivity index (χ1) is 26.2. The third-order valence-electron chi connectivity index (χ3n) is 10.8. The molecule has 7 aromatic carbocycles. The zero-order valence-corrected chi connectivity index (χ0v) is 29.0. The second kappa shape index (κ2) is 11.5. The van der Waals surface area contributed by atoms with E-state index in [1.165, 1.54) is 44.1 Å². The Labute approximate surface area is 305 Å². The summed E-state index contributed by atoms with van der Waals surface area (Å²) < 4.78 is 11.2. The lowest BCUT2D eigenvalue weighted by Crippen LogP contribution is -2.23. The summed E-state index contributed by atoms with van der Waals surface area (Å²) in [6, 6.07) is 57.8. The number of hydrogen-bond acceptors (Lipinski definition) is 4. The number of hydrogen-bond donors (Lipinski definition) is 0. The molecule has 10 aromatic rings. The third-order valence-corrected chi connectivity index (χ3v) is 10.8. The first kappa shape index (κ1) is 29.7. The highest BCUT2D eigenvalue weighted by molar-refractivity contribution is 6.13. The number of aryl methyl sites for hydroxylation is 1. The Hall–Kier alpha value is -7.05. The van der Waals surface area contributed by atoms with Crippen LogP contribution in [-0.4, -0.2) is 20.8 Å². The molecule has 0 saturated heterocycles. The fourth-order valence-electron chi connectivity index (χ4n) is 8.27. The van der Waals surface area contributed by atoms with Crippen LogP contribution in [0.2, 0.25) is 0 Å². The molecule has 3 aromatic heterocycles. The highest BCUT2D eigenvalue weighted by Crippen LogP contribution is 2.45. The molecular weight excluding hydrogens is 651 g/mol. The second-order valence-electron chi connectivity index (χ2n) is 13.8. The van der Waals surface area contributed by atoms with Crippen LogP contribution in [0.15, 0.2) is 170 Å². The van der Waals surface area contributed by atoms with Gasteiger partial charge in [-0.15, -0.1) is 0 Å². The van der Waals surface area contributed by atoms with Gasteiger partial charge in [-0.1, -0.05) is 78.9 Å². The van der Waals surface area contributed by atoms with Crippen molar-refractivity contribution in [2.75, 3.05) is 16.5 Å². The van der Waals surface area contributed by atoms with Gasteiger partial charge < -0.3 is 19.1 Å². The first-order valence-electron chi connectivity index (χ1n) is 18.0. The number of benzene rings is 7. The molecular formula is C47H33N5O. The molecule has 53 heavy (non-hydrogen) atoms. The van der Waals surface area contributed by atoms with E-state index >= 15 is 0 Å². The Morgan fingerprint density at radius 3 is 1.98 bits per heavy atom. The molecule has 4 heterocycles. The Kier molecular flexibility index (Phi) is 6.43. The van der Waals surface area contributed by atoms with Gasteiger partial charge in [0.25, 0.3) is 0 Å². The quantitative estimate of drug-likeness (QED) is 0.181. The lowest BCUT2D eigenvalue weighted by molar-refractivity contribution is 0.483. The predicted octanol–water partition coefficient (Wildman–Crippen LogP) is 12.0. The number of rotatable bonds is 5. The fourth-order valence-corrected chi connectivity index (χ4v) is 8.27. The monoisotopic (exact) mass is 683 g/mol. The van der Waals surface area contributed by atoms with E-state index in [0.717, 1.165) is 50.3 Å². The molecule has 0 N–H and O–H groups in total. The van der Waals surface area contributed by atoms with Crippen molar-refractivity contribution in [1.82, 2.24) is 14.1 Å². The summed E-state index contributed by atoms with van der Waals surface area (Å²) in [5.74, 6) is 2.42. The predicted molar refractivity (Wildman–Crippen MR) is 219 cm³/mol.